The van der Waals surface area contributed by atoms with Crippen LogP contribution in [-0.4, -0.2) is 45.2 Å². The number of nitrogens with one attached hydrogen (secondary N) is 1. The van der Waals surface area contributed by atoms with Crippen molar-refractivity contribution in [3.05, 3.63) is 0 Å². The maximum Gasteiger partial charge on any atom is 0.214 e. The van der Waals surface area contributed by atoms with Crippen molar-refractivity contribution in [1.82, 2.24) is 9.62 Å². The second kappa shape index (κ2) is 5.67. The van der Waals surface area contributed by atoms with E-state index in [0.29, 0.717) is 19.0 Å². The first kappa shape index (κ1) is 14.9. The molecule has 0 bridgehead atoms. The van der Waals surface area contributed by atoms with Crippen molar-refractivity contribution < 1.29 is 8.42 Å². The lowest BCUT2D eigenvalue weighted by molar-refractivity contribution is 0.267. The van der Waals surface area contributed by atoms with Gasteiger partial charge in [0.15, 0.2) is 0 Å². The van der Waals surface area contributed by atoms with Crippen molar-refractivity contribution in [2.75, 3.05) is 32.4 Å². The Morgan fingerprint density at radius 3 is 2.18 bits per heavy atom. The molecule has 0 aromatic rings. The van der Waals surface area contributed by atoms with Crippen LogP contribution in [0, 0.1) is 11.3 Å². The molecule has 0 aromatic carbocycles. The summed E-state index contributed by atoms with van der Waals surface area (Å²) in [6.45, 7) is 8.28. The van der Waals surface area contributed by atoms with Crippen LogP contribution < -0.4 is 5.32 Å². The van der Waals surface area contributed by atoms with Gasteiger partial charge in [-0.15, -0.1) is 0 Å². The van der Waals surface area contributed by atoms with E-state index in [9.17, 15) is 8.42 Å². The Morgan fingerprint density at radius 2 is 1.76 bits per heavy atom. The fraction of sp³-hybridized carbons (Fsp3) is 1.00. The van der Waals surface area contributed by atoms with Gasteiger partial charge in [-0.25, -0.2) is 12.7 Å². The zero-order chi connectivity index (χ0) is 13.1. The maximum atomic E-state index is 12.2. The van der Waals surface area contributed by atoms with Gasteiger partial charge < -0.3 is 5.32 Å². The van der Waals surface area contributed by atoms with Crippen molar-refractivity contribution in [2.45, 2.75) is 33.6 Å². The van der Waals surface area contributed by atoms with E-state index in [2.05, 4.69) is 5.32 Å². The number of piperidine rings is 1. The molecule has 5 heteroatoms. The van der Waals surface area contributed by atoms with Crippen molar-refractivity contribution in [3.63, 3.8) is 0 Å². The molecule has 0 unspecified atom stereocenters. The molecular weight excluding hydrogens is 236 g/mol. The molecule has 0 atom stereocenters. The first-order valence-electron chi connectivity index (χ1n) is 6.37. The van der Waals surface area contributed by atoms with Gasteiger partial charge in [0, 0.05) is 13.1 Å². The van der Waals surface area contributed by atoms with Crippen LogP contribution in [-0.2, 0) is 10.0 Å². The number of sulfonamides is 1. The summed E-state index contributed by atoms with van der Waals surface area (Å²) in [5.41, 5.74) is -0.166. The lowest BCUT2D eigenvalue weighted by atomic mass is 9.98. The van der Waals surface area contributed by atoms with Crippen LogP contribution in [0.5, 0.6) is 0 Å². The first-order valence-corrected chi connectivity index (χ1v) is 7.98. The summed E-state index contributed by atoms with van der Waals surface area (Å²) in [6.07, 6.45) is 1.95. The average molecular weight is 262 g/mol. The van der Waals surface area contributed by atoms with E-state index in [1.54, 1.807) is 4.31 Å². The molecule has 102 valence electrons. The van der Waals surface area contributed by atoms with Crippen LogP contribution in [0.2, 0.25) is 0 Å². The van der Waals surface area contributed by atoms with Gasteiger partial charge in [-0.2, -0.15) is 0 Å². The summed E-state index contributed by atoms with van der Waals surface area (Å²) in [7, 11) is -1.12. The van der Waals surface area contributed by atoms with Crippen LogP contribution in [0.25, 0.3) is 0 Å². The predicted molar refractivity (Wildman–Crippen MR) is 71.5 cm³/mol. The molecule has 1 N–H and O–H groups in total. The Hall–Kier alpha value is -0.130. The quantitative estimate of drug-likeness (QED) is 0.830. The van der Waals surface area contributed by atoms with E-state index in [-0.39, 0.29) is 11.2 Å². The van der Waals surface area contributed by atoms with Gasteiger partial charge in [-0.3, -0.25) is 0 Å². The third kappa shape index (κ3) is 4.94. The predicted octanol–water partition coefficient (Wildman–Crippen LogP) is 1.29. The highest BCUT2D eigenvalue weighted by Gasteiger charge is 2.31. The molecule has 1 saturated heterocycles. The minimum absolute atomic E-state index is 0.166. The van der Waals surface area contributed by atoms with Gasteiger partial charge >= 0.3 is 0 Å². The van der Waals surface area contributed by atoms with Crippen LogP contribution >= 0.6 is 0 Å². The number of hydrogen-bond acceptors (Lipinski definition) is 3. The molecule has 1 aliphatic rings. The minimum Gasteiger partial charge on any atom is -0.319 e. The smallest absolute Gasteiger partial charge is 0.214 e. The van der Waals surface area contributed by atoms with Gasteiger partial charge in [0.05, 0.1) is 5.75 Å². The molecule has 1 aliphatic heterocycles. The number of nitrogens with zero attached hydrogens (tertiary/aromatic N) is 1. The van der Waals surface area contributed by atoms with E-state index in [0.717, 1.165) is 19.4 Å². The van der Waals surface area contributed by atoms with Gasteiger partial charge in [0.25, 0.3) is 0 Å². The molecule has 1 fully saturated rings. The Balaban J connectivity index is 2.53. The third-order valence-corrected chi connectivity index (χ3v) is 5.46. The maximum absolute atomic E-state index is 12.2. The molecule has 1 rings (SSSR count). The Bertz CT molecular complexity index is 325. The lowest BCUT2D eigenvalue weighted by Gasteiger charge is -2.33. The summed E-state index contributed by atoms with van der Waals surface area (Å²) >= 11 is 0. The Kier molecular flexibility index (Phi) is 4.98. The first-order chi connectivity index (χ1) is 7.74. The zero-order valence-corrected chi connectivity index (χ0v) is 12.3. The minimum atomic E-state index is -3.07. The molecule has 4 nitrogen and oxygen atoms in total. The monoisotopic (exact) mass is 262 g/mol. The second-order valence-corrected chi connectivity index (χ2v) is 8.19. The topological polar surface area (TPSA) is 49.4 Å². The number of hydrogen-bond donors (Lipinski definition) is 1. The van der Waals surface area contributed by atoms with E-state index >= 15 is 0 Å². The van der Waals surface area contributed by atoms with E-state index in [1.807, 2.05) is 27.8 Å². The van der Waals surface area contributed by atoms with Crippen molar-refractivity contribution in [2.24, 2.45) is 11.3 Å². The highest BCUT2D eigenvalue weighted by atomic mass is 32.2. The molecule has 0 aliphatic carbocycles. The third-order valence-electron chi connectivity index (χ3n) is 3.08. The van der Waals surface area contributed by atoms with E-state index in [4.69, 9.17) is 0 Å². The average Bonchev–Trinajstić information content (AvgIpc) is 2.15. The van der Waals surface area contributed by atoms with Crippen molar-refractivity contribution >= 4 is 10.0 Å². The molecule has 1 heterocycles. The fourth-order valence-electron chi connectivity index (χ4n) is 2.32. The molecule has 0 radical (unpaired) electrons. The van der Waals surface area contributed by atoms with Gasteiger partial charge in [-0.05, 0) is 37.8 Å². The van der Waals surface area contributed by atoms with Crippen LogP contribution in [0.3, 0.4) is 0 Å². The molecule has 0 amide bonds. The molecule has 17 heavy (non-hydrogen) atoms. The summed E-state index contributed by atoms with van der Waals surface area (Å²) in [5.74, 6) is 0.873. The van der Waals surface area contributed by atoms with Gasteiger partial charge in [0.1, 0.15) is 0 Å². The molecule has 0 aromatic heterocycles. The molecular formula is C12H26N2O2S. The molecule has 0 saturated carbocycles. The normalized spacial score (nSPS) is 20.7. The standard InChI is InChI=1S/C12H26N2O2S/c1-12(2,3)10-17(15,16)14-7-5-11(6-8-14)9-13-4/h11,13H,5-10H2,1-4H3. The Morgan fingerprint density at radius 1 is 1.24 bits per heavy atom. The van der Waals surface area contributed by atoms with E-state index in [1.165, 1.54) is 0 Å². The van der Waals surface area contributed by atoms with Gasteiger partial charge in [-0.1, -0.05) is 20.8 Å². The SMILES string of the molecule is CNCC1CCN(S(=O)(=O)CC(C)(C)C)CC1. The fourth-order valence-corrected chi connectivity index (χ4v) is 4.36. The summed E-state index contributed by atoms with van der Waals surface area (Å²) in [6, 6.07) is 0. The highest BCUT2D eigenvalue weighted by Crippen LogP contribution is 2.23. The lowest BCUT2D eigenvalue weighted by Crippen LogP contribution is -2.43. The summed E-state index contributed by atoms with van der Waals surface area (Å²) in [5, 5.41) is 3.16. The van der Waals surface area contributed by atoms with Crippen LogP contribution in [0.4, 0.5) is 0 Å². The van der Waals surface area contributed by atoms with Gasteiger partial charge in [0.2, 0.25) is 10.0 Å². The molecule has 0 spiro atoms. The second-order valence-electron chi connectivity index (χ2n) is 6.22. The highest BCUT2D eigenvalue weighted by molar-refractivity contribution is 7.89. The van der Waals surface area contributed by atoms with E-state index < -0.39 is 10.0 Å². The zero-order valence-electron chi connectivity index (χ0n) is 11.5. The van der Waals surface area contributed by atoms with Crippen LogP contribution in [0.1, 0.15) is 33.6 Å². The summed E-state index contributed by atoms with van der Waals surface area (Å²) in [4.78, 5) is 0. The summed E-state index contributed by atoms with van der Waals surface area (Å²) < 4.78 is 26.0. The van der Waals surface area contributed by atoms with Crippen LogP contribution in [0.15, 0.2) is 0 Å². The largest absolute Gasteiger partial charge is 0.319 e. The van der Waals surface area contributed by atoms with Crippen molar-refractivity contribution in [3.8, 4) is 0 Å². The number of rotatable bonds is 4. The Labute approximate surface area is 106 Å². The van der Waals surface area contributed by atoms with Crippen molar-refractivity contribution in [1.29, 1.82) is 0 Å².